The van der Waals surface area contributed by atoms with E-state index in [2.05, 4.69) is 4.98 Å². The molecule has 0 radical (unpaired) electrons. The molecule has 0 aliphatic rings. The van der Waals surface area contributed by atoms with E-state index in [9.17, 15) is 23.2 Å². The van der Waals surface area contributed by atoms with Crippen LogP contribution in [0, 0.1) is 11.3 Å². The Morgan fingerprint density at radius 3 is 2.38 bits per heavy atom. The third-order valence-corrected chi connectivity index (χ3v) is 3.74. The number of nitriles is 1. The maximum atomic E-state index is 12.5. The number of aromatic nitrogens is 1. The van der Waals surface area contributed by atoms with E-state index in [1.807, 2.05) is 43.3 Å². The van der Waals surface area contributed by atoms with Crippen molar-refractivity contribution in [3.63, 3.8) is 0 Å². The van der Waals surface area contributed by atoms with Crippen LogP contribution in [0.1, 0.15) is 42.0 Å². The molecule has 1 heterocycles. The molecular weight excluding hydrogens is 317 g/mol. The van der Waals surface area contributed by atoms with E-state index in [1.54, 1.807) is 0 Å². The van der Waals surface area contributed by atoms with E-state index < -0.39 is 17.7 Å². The van der Waals surface area contributed by atoms with Crippen molar-refractivity contribution in [2.75, 3.05) is 0 Å². The Labute approximate surface area is 137 Å². The predicted molar refractivity (Wildman–Crippen MR) is 82.1 cm³/mol. The molecule has 0 N–H and O–H groups in total. The van der Waals surface area contributed by atoms with Crippen LogP contribution in [0.5, 0.6) is 0 Å². The van der Waals surface area contributed by atoms with Gasteiger partial charge in [0.15, 0.2) is 5.78 Å². The third kappa shape index (κ3) is 4.19. The first-order chi connectivity index (χ1) is 11.3. The summed E-state index contributed by atoms with van der Waals surface area (Å²) in [5.41, 5.74) is 0.0896. The number of nitrogens with zero attached hydrogens (tertiary/aromatic N) is 2. The number of carbonyl (C=O) groups excluding carboxylic acids is 1. The second-order valence-corrected chi connectivity index (χ2v) is 5.51. The number of alkyl halides is 3. The van der Waals surface area contributed by atoms with Crippen molar-refractivity contribution in [3.05, 3.63) is 65.5 Å². The second-order valence-electron chi connectivity index (χ2n) is 5.51. The van der Waals surface area contributed by atoms with Crippen molar-refractivity contribution in [1.29, 1.82) is 5.26 Å². The zero-order valence-corrected chi connectivity index (χ0v) is 12.9. The lowest BCUT2D eigenvalue weighted by molar-refractivity contribution is -0.137. The summed E-state index contributed by atoms with van der Waals surface area (Å²) in [5, 5.41) is 9.23. The highest BCUT2D eigenvalue weighted by atomic mass is 19.4. The molecule has 6 heteroatoms. The Morgan fingerprint density at radius 1 is 1.21 bits per heavy atom. The molecule has 24 heavy (non-hydrogen) atoms. The van der Waals surface area contributed by atoms with Crippen molar-refractivity contribution in [2.45, 2.75) is 31.4 Å². The maximum absolute atomic E-state index is 12.5. The van der Waals surface area contributed by atoms with Crippen molar-refractivity contribution in [3.8, 4) is 6.07 Å². The molecule has 124 valence electrons. The quantitative estimate of drug-likeness (QED) is 0.812. The average molecular weight is 332 g/mol. The Kier molecular flexibility index (Phi) is 5.35. The molecule has 2 aromatic rings. The highest BCUT2D eigenvalue weighted by molar-refractivity contribution is 5.88. The lowest BCUT2D eigenvalue weighted by Crippen LogP contribution is -2.15. The van der Waals surface area contributed by atoms with Gasteiger partial charge in [0.05, 0.1) is 17.3 Å². The normalized spacial score (nSPS) is 13.8. The number of hydrogen-bond acceptors (Lipinski definition) is 3. The molecule has 0 saturated heterocycles. The molecule has 0 aliphatic carbocycles. The first kappa shape index (κ1) is 17.7. The first-order valence-electron chi connectivity index (χ1n) is 7.33. The van der Waals surface area contributed by atoms with Gasteiger partial charge < -0.3 is 0 Å². The van der Waals surface area contributed by atoms with Crippen LogP contribution in [0.3, 0.4) is 0 Å². The number of halogens is 3. The molecular formula is C18H15F3N2O. The minimum absolute atomic E-state index is 0.0377. The van der Waals surface area contributed by atoms with Gasteiger partial charge in [-0.25, -0.2) is 0 Å². The van der Waals surface area contributed by atoms with Gasteiger partial charge in [-0.3, -0.25) is 9.78 Å². The van der Waals surface area contributed by atoms with Crippen molar-refractivity contribution in [2.24, 2.45) is 0 Å². The fraction of sp³-hybridized carbons (Fsp3) is 0.278. The van der Waals surface area contributed by atoms with Crippen LogP contribution in [0.25, 0.3) is 0 Å². The molecule has 2 atom stereocenters. The van der Waals surface area contributed by atoms with Crippen LogP contribution >= 0.6 is 0 Å². The summed E-state index contributed by atoms with van der Waals surface area (Å²) in [4.78, 5) is 16.0. The van der Waals surface area contributed by atoms with E-state index in [0.717, 1.165) is 17.7 Å². The van der Waals surface area contributed by atoms with E-state index in [1.165, 1.54) is 0 Å². The molecule has 3 nitrogen and oxygen atoms in total. The van der Waals surface area contributed by atoms with E-state index >= 15 is 0 Å². The SMILES string of the molecule is CC(CC(=O)C(C#N)c1ccc(C(F)(F)F)cn1)c1ccccc1. The van der Waals surface area contributed by atoms with E-state index in [4.69, 9.17) is 0 Å². The van der Waals surface area contributed by atoms with Crippen molar-refractivity contribution >= 4 is 5.78 Å². The zero-order valence-electron chi connectivity index (χ0n) is 12.9. The van der Waals surface area contributed by atoms with Crippen LogP contribution in [0.2, 0.25) is 0 Å². The molecule has 2 unspecified atom stereocenters. The number of Topliss-reactive ketones (excluding diaryl/α,β-unsaturated/α-hetero) is 1. The van der Waals surface area contributed by atoms with E-state index in [0.29, 0.717) is 6.20 Å². The highest BCUT2D eigenvalue weighted by Gasteiger charge is 2.31. The van der Waals surface area contributed by atoms with E-state index in [-0.39, 0.29) is 23.8 Å². The largest absolute Gasteiger partial charge is 0.417 e. The number of ketones is 1. The molecule has 0 amide bonds. The molecule has 2 rings (SSSR count). The fourth-order valence-electron chi connectivity index (χ4n) is 2.37. The molecule has 0 aliphatic heterocycles. The minimum Gasteiger partial charge on any atom is -0.298 e. The summed E-state index contributed by atoms with van der Waals surface area (Å²) in [7, 11) is 0. The summed E-state index contributed by atoms with van der Waals surface area (Å²) in [6, 6.07) is 13.1. The summed E-state index contributed by atoms with van der Waals surface area (Å²) in [5.74, 6) is -1.62. The number of carbonyl (C=O) groups is 1. The number of pyridine rings is 1. The molecule has 0 fully saturated rings. The van der Waals surface area contributed by atoms with Crippen LogP contribution < -0.4 is 0 Å². The molecule has 0 bridgehead atoms. The molecule has 1 aromatic heterocycles. The molecule has 0 spiro atoms. The average Bonchev–Trinajstić information content (AvgIpc) is 2.56. The summed E-state index contributed by atoms with van der Waals surface area (Å²) in [6.45, 7) is 1.86. The van der Waals surface area contributed by atoms with Crippen molar-refractivity contribution in [1.82, 2.24) is 4.98 Å². The number of hydrogen-bond donors (Lipinski definition) is 0. The fourth-order valence-corrected chi connectivity index (χ4v) is 2.37. The summed E-state index contributed by atoms with van der Waals surface area (Å²) >= 11 is 0. The van der Waals surface area contributed by atoms with Gasteiger partial charge in [-0.05, 0) is 23.6 Å². The van der Waals surface area contributed by atoms with Crippen LogP contribution in [-0.4, -0.2) is 10.8 Å². The first-order valence-corrected chi connectivity index (χ1v) is 7.33. The van der Waals surface area contributed by atoms with Crippen LogP contribution in [0.15, 0.2) is 48.7 Å². The van der Waals surface area contributed by atoms with Gasteiger partial charge in [-0.1, -0.05) is 37.3 Å². The smallest absolute Gasteiger partial charge is 0.298 e. The lowest BCUT2D eigenvalue weighted by Gasteiger charge is -2.14. The zero-order chi connectivity index (χ0) is 17.7. The molecule has 1 aromatic carbocycles. The van der Waals surface area contributed by atoms with Gasteiger partial charge in [0.25, 0.3) is 0 Å². The summed E-state index contributed by atoms with van der Waals surface area (Å²) in [6.07, 6.45) is -3.74. The Bertz CT molecular complexity index is 734. The second kappa shape index (κ2) is 7.26. The highest BCUT2D eigenvalue weighted by Crippen LogP contribution is 2.30. The van der Waals surface area contributed by atoms with Gasteiger partial charge in [-0.2, -0.15) is 18.4 Å². The number of benzene rings is 1. The van der Waals surface area contributed by atoms with Gasteiger partial charge >= 0.3 is 6.18 Å². The maximum Gasteiger partial charge on any atom is 0.417 e. The third-order valence-electron chi connectivity index (χ3n) is 3.74. The van der Waals surface area contributed by atoms with Gasteiger partial charge in [-0.15, -0.1) is 0 Å². The van der Waals surface area contributed by atoms with Crippen LogP contribution in [0.4, 0.5) is 13.2 Å². The Hall–Kier alpha value is -2.68. The number of rotatable bonds is 5. The standard InChI is InChI=1S/C18H15F3N2O/c1-12(13-5-3-2-4-6-13)9-17(24)15(10-22)16-8-7-14(11-23-16)18(19,20)21/h2-8,11-12,15H,9H2,1H3. The Balaban J connectivity index is 2.13. The topological polar surface area (TPSA) is 53.8 Å². The van der Waals surface area contributed by atoms with Gasteiger partial charge in [0.1, 0.15) is 5.92 Å². The predicted octanol–water partition coefficient (Wildman–Crippen LogP) is 4.47. The summed E-state index contributed by atoms with van der Waals surface area (Å²) < 4.78 is 37.6. The van der Waals surface area contributed by atoms with Gasteiger partial charge in [0.2, 0.25) is 0 Å². The molecule has 0 saturated carbocycles. The Morgan fingerprint density at radius 2 is 1.88 bits per heavy atom. The van der Waals surface area contributed by atoms with Crippen LogP contribution in [-0.2, 0) is 11.0 Å². The van der Waals surface area contributed by atoms with Crippen molar-refractivity contribution < 1.29 is 18.0 Å². The van der Waals surface area contributed by atoms with Gasteiger partial charge in [0, 0.05) is 12.6 Å². The minimum atomic E-state index is -4.50. The lowest BCUT2D eigenvalue weighted by atomic mass is 9.89. The monoisotopic (exact) mass is 332 g/mol.